The summed E-state index contributed by atoms with van der Waals surface area (Å²) < 4.78 is 18.9. The van der Waals surface area contributed by atoms with Crippen LogP contribution < -0.4 is 5.32 Å². The van der Waals surface area contributed by atoms with Crippen molar-refractivity contribution in [2.24, 2.45) is 0 Å². The van der Waals surface area contributed by atoms with Gasteiger partial charge >= 0.3 is 6.03 Å². The number of halogens is 1. The molecule has 1 aliphatic carbocycles. The Bertz CT molecular complexity index is 882. The maximum atomic E-state index is 13.3. The Kier molecular flexibility index (Phi) is 6.48. The van der Waals surface area contributed by atoms with Crippen molar-refractivity contribution in [3.8, 4) is 0 Å². The van der Waals surface area contributed by atoms with Gasteiger partial charge in [-0.25, -0.2) is 9.18 Å². The molecule has 162 valence electrons. The van der Waals surface area contributed by atoms with Crippen LogP contribution in [0.15, 0.2) is 40.8 Å². The van der Waals surface area contributed by atoms with E-state index in [1.807, 2.05) is 39.8 Å². The van der Waals surface area contributed by atoms with E-state index in [9.17, 15) is 14.0 Å². The number of carbonyl (C=O) groups is 2. The van der Waals surface area contributed by atoms with Crippen molar-refractivity contribution in [1.82, 2.24) is 15.1 Å². The molecule has 3 amide bonds. The van der Waals surface area contributed by atoms with E-state index in [2.05, 4.69) is 5.32 Å². The summed E-state index contributed by atoms with van der Waals surface area (Å²) in [4.78, 5) is 29.2. The van der Waals surface area contributed by atoms with Gasteiger partial charge in [-0.1, -0.05) is 12.1 Å². The maximum absolute atomic E-state index is 13.3. The van der Waals surface area contributed by atoms with Gasteiger partial charge in [-0.05, 0) is 70.4 Å². The van der Waals surface area contributed by atoms with E-state index in [1.165, 1.54) is 12.1 Å². The van der Waals surface area contributed by atoms with Gasteiger partial charge in [0.15, 0.2) is 0 Å². The number of benzene rings is 1. The van der Waals surface area contributed by atoms with Crippen molar-refractivity contribution in [1.29, 1.82) is 0 Å². The minimum atomic E-state index is -0.382. The minimum absolute atomic E-state index is 0.00648. The SMILES string of the molecule is Cc1ccc(CN(Cc2ccc(F)cc2)C(=O)CN(C(=O)NC(C)(C)C)C2CC2)o1. The van der Waals surface area contributed by atoms with Crippen LogP contribution in [0.2, 0.25) is 0 Å². The van der Waals surface area contributed by atoms with Gasteiger partial charge in [-0.2, -0.15) is 0 Å². The average Bonchev–Trinajstić information content (AvgIpc) is 3.41. The number of furan rings is 1. The Morgan fingerprint density at radius 1 is 1.10 bits per heavy atom. The monoisotopic (exact) mass is 415 g/mol. The summed E-state index contributed by atoms with van der Waals surface area (Å²) in [5, 5.41) is 2.95. The number of nitrogens with zero attached hydrogens (tertiary/aromatic N) is 2. The molecule has 1 saturated carbocycles. The van der Waals surface area contributed by atoms with Crippen LogP contribution in [0.5, 0.6) is 0 Å². The van der Waals surface area contributed by atoms with Gasteiger partial charge in [-0.3, -0.25) is 4.79 Å². The molecule has 0 bridgehead atoms. The summed E-state index contributed by atoms with van der Waals surface area (Å²) in [6.45, 7) is 8.17. The van der Waals surface area contributed by atoms with Crippen molar-refractivity contribution >= 4 is 11.9 Å². The third-order valence-electron chi connectivity index (χ3n) is 4.82. The third kappa shape index (κ3) is 6.34. The molecule has 6 nitrogen and oxygen atoms in total. The maximum Gasteiger partial charge on any atom is 0.318 e. The quantitative estimate of drug-likeness (QED) is 0.736. The molecule has 2 aromatic rings. The van der Waals surface area contributed by atoms with E-state index in [-0.39, 0.29) is 42.4 Å². The van der Waals surface area contributed by atoms with Gasteiger partial charge in [0.05, 0.1) is 6.54 Å². The fourth-order valence-electron chi connectivity index (χ4n) is 3.19. The van der Waals surface area contributed by atoms with E-state index >= 15 is 0 Å². The molecule has 30 heavy (non-hydrogen) atoms. The molecule has 1 aliphatic rings. The Labute approximate surface area is 177 Å². The second-order valence-corrected chi connectivity index (χ2v) is 8.93. The van der Waals surface area contributed by atoms with Crippen LogP contribution in [-0.2, 0) is 17.9 Å². The molecule has 1 aromatic heterocycles. The van der Waals surface area contributed by atoms with Crippen molar-refractivity contribution in [2.45, 2.75) is 65.2 Å². The van der Waals surface area contributed by atoms with Crippen LogP contribution >= 0.6 is 0 Å². The summed E-state index contributed by atoms with van der Waals surface area (Å²) >= 11 is 0. The lowest BCUT2D eigenvalue weighted by Crippen LogP contribution is -2.52. The average molecular weight is 416 g/mol. The largest absolute Gasteiger partial charge is 0.464 e. The molecule has 7 heteroatoms. The van der Waals surface area contributed by atoms with Crippen molar-refractivity contribution in [3.63, 3.8) is 0 Å². The first kappa shape index (κ1) is 21.9. The van der Waals surface area contributed by atoms with Crippen LogP contribution in [0.4, 0.5) is 9.18 Å². The summed E-state index contributed by atoms with van der Waals surface area (Å²) in [5.41, 5.74) is 0.428. The predicted octanol–water partition coefficient (Wildman–Crippen LogP) is 4.23. The van der Waals surface area contributed by atoms with Crippen LogP contribution in [0.3, 0.4) is 0 Å². The molecule has 0 radical (unpaired) electrons. The second-order valence-electron chi connectivity index (χ2n) is 8.93. The molecule has 1 N–H and O–H groups in total. The van der Waals surface area contributed by atoms with Gasteiger partial charge in [0.1, 0.15) is 23.9 Å². The van der Waals surface area contributed by atoms with Crippen LogP contribution in [0, 0.1) is 12.7 Å². The fraction of sp³-hybridized carbons (Fsp3) is 0.478. The molecule has 1 heterocycles. The highest BCUT2D eigenvalue weighted by atomic mass is 19.1. The summed E-state index contributed by atoms with van der Waals surface area (Å²) in [6.07, 6.45) is 1.81. The van der Waals surface area contributed by atoms with Crippen LogP contribution in [0.1, 0.15) is 50.7 Å². The van der Waals surface area contributed by atoms with Crippen molar-refractivity contribution in [2.75, 3.05) is 6.54 Å². The predicted molar refractivity (Wildman–Crippen MR) is 112 cm³/mol. The molecule has 1 fully saturated rings. The highest BCUT2D eigenvalue weighted by Gasteiger charge is 2.36. The smallest absolute Gasteiger partial charge is 0.318 e. The topological polar surface area (TPSA) is 65.8 Å². The first-order valence-corrected chi connectivity index (χ1v) is 10.3. The third-order valence-corrected chi connectivity index (χ3v) is 4.82. The molecular weight excluding hydrogens is 385 g/mol. The molecule has 3 rings (SSSR count). The molecule has 0 spiro atoms. The first-order chi connectivity index (χ1) is 14.1. The lowest BCUT2D eigenvalue weighted by atomic mass is 10.1. The van der Waals surface area contributed by atoms with Crippen molar-refractivity contribution < 1.29 is 18.4 Å². The lowest BCUT2D eigenvalue weighted by molar-refractivity contribution is -0.133. The standard InChI is InChI=1S/C23H30FN3O3/c1-16-5-12-20(30-16)14-26(13-17-6-8-18(24)9-7-17)21(28)15-27(19-10-11-19)22(29)25-23(2,3)4/h5-9,12,19H,10-11,13-15H2,1-4H3,(H,25,29). The van der Waals surface area contributed by atoms with Gasteiger partial charge < -0.3 is 19.5 Å². The van der Waals surface area contributed by atoms with Gasteiger partial charge in [0.25, 0.3) is 0 Å². The zero-order valence-corrected chi connectivity index (χ0v) is 18.1. The number of hydrogen-bond donors (Lipinski definition) is 1. The Morgan fingerprint density at radius 2 is 1.77 bits per heavy atom. The molecule has 0 unspecified atom stereocenters. The van der Waals surface area contributed by atoms with Gasteiger partial charge in [0, 0.05) is 18.1 Å². The van der Waals surface area contributed by atoms with E-state index in [1.54, 1.807) is 21.9 Å². The summed E-state index contributed by atoms with van der Waals surface area (Å²) in [6, 6.07) is 9.63. The number of carbonyl (C=O) groups excluding carboxylic acids is 2. The van der Waals surface area contributed by atoms with Gasteiger partial charge in [-0.15, -0.1) is 0 Å². The zero-order chi connectivity index (χ0) is 21.9. The summed E-state index contributed by atoms with van der Waals surface area (Å²) in [5.74, 6) is 0.935. The Balaban J connectivity index is 1.75. The zero-order valence-electron chi connectivity index (χ0n) is 18.1. The fourth-order valence-corrected chi connectivity index (χ4v) is 3.19. The highest BCUT2D eigenvalue weighted by Crippen LogP contribution is 2.27. The number of urea groups is 1. The molecule has 1 aromatic carbocycles. The minimum Gasteiger partial charge on any atom is -0.464 e. The number of nitrogens with one attached hydrogen (secondary N) is 1. The van der Waals surface area contributed by atoms with E-state index in [0.717, 1.165) is 24.2 Å². The van der Waals surface area contributed by atoms with Crippen LogP contribution in [0.25, 0.3) is 0 Å². The lowest BCUT2D eigenvalue weighted by Gasteiger charge is -2.30. The number of aryl methyl sites for hydroxylation is 1. The molecule has 0 saturated heterocycles. The van der Waals surface area contributed by atoms with E-state index in [4.69, 9.17) is 4.42 Å². The number of amides is 3. The first-order valence-electron chi connectivity index (χ1n) is 10.3. The van der Waals surface area contributed by atoms with E-state index < -0.39 is 0 Å². The second kappa shape index (κ2) is 8.90. The van der Waals surface area contributed by atoms with E-state index in [0.29, 0.717) is 12.3 Å². The number of rotatable bonds is 7. The molecule has 0 aliphatic heterocycles. The molecule has 0 atom stereocenters. The Morgan fingerprint density at radius 3 is 2.30 bits per heavy atom. The molecular formula is C23H30FN3O3. The summed E-state index contributed by atoms with van der Waals surface area (Å²) in [7, 11) is 0. The normalized spacial score (nSPS) is 13.8. The highest BCUT2D eigenvalue weighted by molar-refractivity contribution is 5.84. The number of hydrogen-bond acceptors (Lipinski definition) is 3. The van der Waals surface area contributed by atoms with Crippen molar-refractivity contribution in [3.05, 3.63) is 59.3 Å². The Hall–Kier alpha value is -2.83. The van der Waals surface area contributed by atoms with Crippen LogP contribution in [-0.4, -0.2) is 39.9 Å². The van der Waals surface area contributed by atoms with Gasteiger partial charge in [0.2, 0.25) is 5.91 Å².